The SMILES string of the molecule is Cc1ccc(-c2nc(C)c(C(Cc3cc(F)c(F)c(F)c3)Sc3ccc(O[Si](C)(C)C(C)(C)C)c(C)c3)[se]2)cc1. The van der Waals surface area contributed by atoms with Gasteiger partial charge in [-0.2, -0.15) is 0 Å². The molecule has 0 aliphatic heterocycles. The maximum absolute atomic E-state index is 14.1. The summed E-state index contributed by atoms with van der Waals surface area (Å²) in [7, 11) is -2.00. The molecule has 8 heteroatoms. The average Bonchev–Trinajstić information content (AvgIpc) is 3.25. The van der Waals surface area contributed by atoms with Crippen molar-refractivity contribution in [3.8, 4) is 15.9 Å². The quantitative estimate of drug-likeness (QED) is 0.108. The summed E-state index contributed by atoms with van der Waals surface area (Å²) in [5.74, 6) is -2.88. The van der Waals surface area contributed by atoms with Crippen LogP contribution >= 0.6 is 11.8 Å². The molecule has 0 N–H and O–H groups in total. The maximum atomic E-state index is 14.1. The number of hydrogen-bond acceptors (Lipinski definition) is 3. The number of benzene rings is 3. The van der Waals surface area contributed by atoms with Crippen molar-refractivity contribution in [2.45, 2.75) is 76.2 Å². The van der Waals surface area contributed by atoms with Gasteiger partial charge in [-0.3, -0.25) is 0 Å². The number of halogens is 3. The van der Waals surface area contributed by atoms with E-state index in [2.05, 4.69) is 84.1 Å². The molecule has 0 aliphatic rings. The third kappa shape index (κ3) is 6.96. The van der Waals surface area contributed by atoms with E-state index >= 15 is 0 Å². The van der Waals surface area contributed by atoms with Crippen LogP contribution in [0.2, 0.25) is 18.1 Å². The summed E-state index contributed by atoms with van der Waals surface area (Å²) in [5.41, 5.74) is 4.68. The third-order valence-corrected chi connectivity index (χ3v) is 16.1. The minimum atomic E-state index is -2.00. The zero-order chi connectivity index (χ0) is 29.4. The molecular weight excluding hydrogens is 610 g/mol. The van der Waals surface area contributed by atoms with Crippen LogP contribution < -0.4 is 4.43 Å². The number of aromatic nitrogens is 1. The van der Waals surface area contributed by atoms with Gasteiger partial charge in [0, 0.05) is 0 Å². The van der Waals surface area contributed by atoms with E-state index in [4.69, 9.17) is 9.41 Å². The fourth-order valence-electron chi connectivity index (χ4n) is 4.06. The Morgan fingerprint density at radius 1 is 0.925 bits per heavy atom. The first-order valence-electron chi connectivity index (χ1n) is 13.3. The second-order valence-corrected chi connectivity index (χ2v) is 20.0. The van der Waals surface area contributed by atoms with Crippen molar-refractivity contribution in [1.29, 1.82) is 0 Å². The van der Waals surface area contributed by atoms with E-state index in [1.165, 1.54) is 5.56 Å². The van der Waals surface area contributed by atoms with Gasteiger partial charge < -0.3 is 0 Å². The third-order valence-electron chi connectivity index (χ3n) is 7.48. The molecule has 0 bridgehead atoms. The van der Waals surface area contributed by atoms with Crippen LogP contribution in [-0.2, 0) is 6.42 Å². The molecule has 4 rings (SSSR count). The molecule has 0 saturated heterocycles. The van der Waals surface area contributed by atoms with Gasteiger partial charge in [0.2, 0.25) is 0 Å². The van der Waals surface area contributed by atoms with Crippen LogP contribution in [0.4, 0.5) is 13.2 Å². The number of hydrogen-bond donors (Lipinski definition) is 0. The van der Waals surface area contributed by atoms with E-state index in [0.717, 1.165) is 48.6 Å². The molecule has 0 spiro atoms. The summed E-state index contributed by atoms with van der Waals surface area (Å²) in [5, 5.41) is -0.0380. The van der Waals surface area contributed by atoms with Crippen molar-refractivity contribution in [1.82, 2.24) is 4.98 Å². The monoisotopic (exact) mass is 647 g/mol. The van der Waals surface area contributed by atoms with Gasteiger partial charge in [0.25, 0.3) is 0 Å². The summed E-state index contributed by atoms with van der Waals surface area (Å²) >= 11 is 1.59. The molecule has 1 aromatic heterocycles. The van der Waals surface area contributed by atoms with Crippen LogP contribution in [0.25, 0.3) is 10.1 Å². The van der Waals surface area contributed by atoms with E-state index < -0.39 is 25.8 Å². The van der Waals surface area contributed by atoms with Crippen LogP contribution in [0.5, 0.6) is 5.75 Å². The predicted molar refractivity (Wildman–Crippen MR) is 164 cm³/mol. The Labute approximate surface area is 247 Å². The zero-order valence-electron chi connectivity index (χ0n) is 24.3. The van der Waals surface area contributed by atoms with Gasteiger partial charge in [0.05, 0.1) is 0 Å². The normalized spacial score (nSPS) is 13.0. The van der Waals surface area contributed by atoms with E-state index in [9.17, 15) is 13.2 Å². The van der Waals surface area contributed by atoms with Gasteiger partial charge >= 0.3 is 248 Å². The first kappa shape index (κ1) is 30.7. The molecule has 1 heterocycles. The van der Waals surface area contributed by atoms with Crippen molar-refractivity contribution in [3.05, 3.63) is 98.9 Å². The number of thioether (sulfide) groups is 1. The van der Waals surface area contributed by atoms with Gasteiger partial charge in [0.15, 0.2) is 0 Å². The van der Waals surface area contributed by atoms with Gasteiger partial charge in [-0.15, -0.1) is 0 Å². The number of aryl methyl sites for hydroxylation is 3. The summed E-state index contributed by atoms with van der Waals surface area (Å²) in [6.07, 6.45) is 0.352. The van der Waals surface area contributed by atoms with Crippen molar-refractivity contribution < 1.29 is 17.6 Å². The Morgan fingerprint density at radius 3 is 2.12 bits per heavy atom. The minimum absolute atomic E-state index is 0.0610. The second-order valence-electron chi connectivity index (χ2n) is 11.8. The van der Waals surface area contributed by atoms with Crippen LogP contribution in [0.1, 0.15) is 52.8 Å². The van der Waals surface area contributed by atoms with Crippen molar-refractivity contribution in [2.75, 3.05) is 0 Å². The summed E-state index contributed by atoms with van der Waals surface area (Å²) in [6.45, 7) is 17.2. The van der Waals surface area contributed by atoms with Crippen molar-refractivity contribution >= 4 is 34.6 Å². The van der Waals surface area contributed by atoms with Gasteiger partial charge in [0.1, 0.15) is 0 Å². The van der Waals surface area contributed by atoms with E-state index in [-0.39, 0.29) is 24.8 Å². The summed E-state index contributed by atoms with van der Waals surface area (Å²) < 4.78 is 50.8. The summed E-state index contributed by atoms with van der Waals surface area (Å²) in [6, 6.07) is 16.7. The topological polar surface area (TPSA) is 22.1 Å². The molecule has 0 saturated carbocycles. The Hall–Kier alpha value is -2.25. The molecule has 4 aromatic rings. The number of nitrogens with zero attached hydrogens (tertiary/aromatic N) is 1. The molecule has 0 fully saturated rings. The average molecular weight is 647 g/mol. The first-order valence-corrected chi connectivity index (χ1v) is 18.8. The fourth-order valence-corrected chi connectivity index (χ4v) is 9.18. The van der Waals surface area contributed by atoms with E-state index in [1.54, 1.807) is 11.8 Å². The van der Waals surface area contributed by atoms with Gasteiger partial charge in [-0.05, 0) is 0 Å². The van der Waals surface area contributed by atoms with Crippen LogP contribution in [0.3, 0.4) is 0 Å². The molecule has 40 heavy (non-hydrogen) atoms. The Kier molecular flexibility index (Phi) is 9.15. The predicted octanol–water partition coefficient (Wildman–Crippen LogP) is 9.61. The first-order chi connectivity index (χ1) is 18.6. The van der Waals surface area contributed by atoms with E-state index in [0.29, 0.717) is 12.0 Å². The van der Waals surface area contributed by atoms with Crippen LogP contribution in [0.15, 0.2) is 59.5 Å². The van der Waals surface area contributed by atoms with Crippen LogP contribution in [0, 0.1) is 38.2 Å². The Morgan fingerprint density at radius 2 is 1.55 bits per heavy atom. The van der Waals surface area contributed by atoms with Gasteiger partial charge in [-0.1, -0.05) is 0 Å². The molecular formula is C32H36F3NOSSeSi. The van der Waals surface area contributed by atoms with Crippen molar-refractivity contribution in [3.63, 3.8) is 0 Å². The zero-order valence-corrected chi connectivity index (χ0v) is 27.8. The molecule has 0 radical (unpaired) electrons. The molecule has 212 valence electrons. The molecule has 0 amide bonds. The molecule has 3 aromatic carbocycles. The van der Waals surface area contributed by atoms with Crippen molar-refractivity contribution in [2.24, 2.45) is 0 Å². The molecule has 1 unspecified atom stereocenters. The molecule has 0 aliphatic carbocycles. The Bertz CT molecular complexity index is 1490. The van der Waals surface area contributed by atoms with Gasteiger partial charge in [-0.25, -0.2) is 0 Å². The Balaban J connectivity index is 1.69. The number of rotatable bonds is 8. The second kappa shape index (κ2) is 11.9. The van der Waals surface area contributed by atoms with E-state index in [1.807, 2.05) is 13.0 Å². The molecule has 2 nitrogen and oxygen atoms in total. The molecule has 1 atom stereocenters. The fraction of sp³-hybridized carbons (Fsp3) is 0.344. The summed E-state index contributed by atoms with van der Waals surface area (Å²) in [4.78, 5) is 5.94. The van der Waals surface area contributed by atoms with Crippen LogP contribution in [-0.4, -0.2) is 27.8 Å². The standard InChI is InChI=1S/C32H36F3NOSSeSi/c1-19-9-11-23(12-10-19)31-36-21(3)30(39-31)28(18-22-16-25(33)29(35)26(34)17-22)38-24-13-14-27(20(2)15-24)37-40(7,8)32(4,5)6/h9-17,28H,18H2,1-8H3.